The number of carboxylic acids is 4. The highest BCUT2D eigenvalue weighted by Gasteiger charge is 2.46. The topological polar surface area (TPSA) is 527 Å². The van der Waals surface area contributed by atoms with Gasteiger partial charge < -0.3 is 94.4 Å². The molecule has 0 spiro atoms. The van der Waals surface area contributed by atoms with Gasteiger partial charge in [-0.25, -0.2) is 4.79 Å². The molecule has 2 saturated heterocycles. The summed E-state index contributed by atoms with van der Waals surface area (Å²) in [5.74, 6) is -26.3. The lowest BCUT2D eigenvalue weighted by Crippen LogP contribution is -2.65. The molecule has 16 atom stereocenters. The molecule has 90 heavy (non-hydrogen) atoms. The van der Waals surface area contributed by atoms with Crippen LogP contribution in [0.2, 0.25) is 0 Å². The zero-order chi connectivity index (χ0) is 68.6. The van der Waals surface area contributed by atoms with Crippen molar-refractivity contribution in [3.05, 3.63) is 24.3 Å². The van der Waals surface area contributed by atoms with E-state index < -0.39 is 204 Å². The van der Waals surface area contributed by atoms with Crippen LogP contribution in [0, 0.1) is 35.5 Å². The number of unbranched alkanes of at least 4 members (excludes halogenated alkanes) is 1. The number of aliphatic hydroxyl groups excluding tert-OH is 2. The Bertz CT molecular complexity index is 2690. The average Bonchev–Trinajstić information content (AvgIpc) is 1.70. The lowest BCUT2D eigenvalue weighted by molar-refractivity contribution is -0.153. The predicted octanol–water partition coefficient (Wildman–Crippen LogP) is -4.55. The zero-order valence-corrected chi connectivity index (χ0v) is 52.1. The summed E-state index contributed by atoms with van der Waals surface area (Å²) in [4.78, 5) is 205. The van der Waals surface area contributed by atoms with Crippen LogP contribution in [-0.4, -0.2) is 217 Å². The maximum absolute atomic E-state index is 14.9. The maximum atomic E-state index is 14.9. The fourth-order valence-corrected chi connectivity index (χ4v) is 9.42. The molecule has 0 aromatic rings. The van der Waals surface area contributed by atoms with Gasteiger partial charge in [0.25, 0.3) is 0 Å². The van der Waals surface area contributed by atoms with Gasteiger partial charge in [0.15, 0.2) is 6.10 Å². The molecule has 33 nitrogen and oxygen atoms in total. The van der Waals surface area contributed by atoms with Crippen LogP contribution < -0.4 is 58.9 Å². The highest BCUT2D eigenvalue weighted by molar-refractivity contribution is 6.02. The molecule has 2 heterocycles. The van der Waals surface area contributed by atoms with Crippen molar-refractivity contribution in [2.24, 2.45) is 41.2 Å². The number of carbonyl (C=O) groups excluding carboxylic acids is 11. The van der Waals surface area contributed by atoms with E-state index in [1.54, 1.807) is 19.9 Å². The van der Waals surface area contributed by atoms with Crippen molar-refractivity contribution >= 4 is 88.9 Å². The fourth-order valence-electron chi connectivity index (χ4n) is 9.42. The minimum absolute atomic E-state index is 0.0305. The Morgan fingerprint density at radius 2 is 1.22 bits per heavy atom. The number of hydrogen-bond donors (Lipinski definition) is 17. The first-order chi connectivity index (χ1) is 41.9. The first-order valence-electron chi connectivity index (χ1n) is 29.6. The molecule has 0 saturated carbocycles. The first-order valence-corrected chi connectivity index (χ1v) is 29.6. The maximum Gasteiger partial charge on any atom is 0.335 e. The minimum atomic E-state index is -2.84. The van der Waals surface area contributed by atoms with Gasteiger partial charge in [-0.05, 0) is 96.4 Å². The molecule has 2 aliphatic rings. The van der Waals surface area contributed by atoms with Crippen molar-refractivity contribution in [2.45, 2.75) is 187 Å². The molecule has 2 aliphatic heterocycles. The number of fused-ring (bicyclic) bond motifs is 1. The molecule has 18 N–H and O–H groups in total. The number of nitrogens with zero attached hydrogens (tertiary/aromatic N) is 1. The van der Waals surface area contributed by atoms with E-state index in [1.165, 1.54) is 46.8 Å². The monoisotopic (exact) mass is 1280 g/mol. The van der Waals surface area contributed by atoms with Crippen LogP contribution in [0.3, 0.4) is 0 Å². The van der Waals surface area contributed by atoms with Gasteiger partial charge >= 0.3 is 23.9 Å². The Morgan fingerprint density at radius 3 is 1.78 bits per heavy atom. The zero-order valence-electron chi connectivity index (χ0n) is 52.1. The highest BCUT2D eigenvalue weighted by Crippen LogP contribution is 2.26. The summed E-state index contributed by atoms with van der Waals surface area (Å²) in [6.07, 6.45) is 1.85. The third-order valence-corrected chi connectivity index (χ3v) is 15.3. The molecule has 11 amide bonds. The number of hydrogen-bond acceptors (Lipinski definition) is 18. The van der Waals surface area contributed by atoms with Gasteiger partial charge in [0.05, 0.1) is 36.9 Å². The van der Waals surface area contributed by atoms with Crippen molar-refractivity contribution in [1.29, 1.82) is 0 Å². The molecule has 2 rings (SSSR count). The lowest BCUT2D eigenvalue weighted by Gasteiger charge is -2.34. The normalized spacial score (nSPS) is 26.3. The molecule has 2 fully saturated rings. The molecule has 0 bridgehead atoms. The second kappa shape index (κ2) is 36.8. The lowest BCUT2D eigenvalue weighted by atomic mass is 9.97. The Labute approximate surface area is 520 Å². The Kier molecular flexibility index (Phi) is 31.7. The van der Waals surface area contributed by atoms with E-state index >= 15 is 0 Å². The van der Waals surface area contributed by atoms with Gasteiger partial charge in [-0.2, -0.15) is 0 Å². The average molecular weight is 1280 g/mol. The summed E-state index contributed by atoms with van der Waals surface area (Å²) >= 11 is 0. The molecular weight excluding hydrogens is 1190 g/mol. The highest BCUT2D eigenvalue weighted by atomic mass is 16.4. The van der Waals surface area contributed by atoms with Gasteiger partial charge in [-0.1, -0.05) is 59.8 Å². The van der Waals surface area contributed by atoms with Gasteiger partial charge in [0.2, 0.25) is 65.0 Å². The van der Waals surface area contributed by atoms with Crippen LogP contribution in [0.15, 0.2) is 24.3 Å². The summed E-state index contributed by atoms with van der Waals surface area (Å²) in [5.41, 5.74) is 5.69. The van der Waals surface area contributed by atoms with Crippen LogP contribution >= 0.6 is 0 Å². The standard InChI is InChI=1S/C57H90N12O21/c1-25(2)39-49(79)61-33(18-15-16-20-58)47(77)68-44(45(75)57(89)90)53(83)62-34(22-38(73)74)46(76)59-23-37(72)64-42(30(8)56(87)88)50(80)66-40(26(3)4)54(84)69-24-27(5)21-35(69)48(78)60-31(9)43(52(82)65-39)67-51(81)41(29(7)55(85)86)63-36(71)19-14-12-11-13-17-28(6)32(10)70/h11-12,14,19,25-35,39-45,70,75H,13,15-18,20-24,58H2,1-10H3,(H,59,76)(H,60,78)(H,61,79)(H,62,83)(H,63,71)(H,64,72)(H,65,82)(H,66,80)(H,67,81)(H,68,77)(H,73,74)(H,85,86)(H,87,88)(H,89,90)/b12-11-,19-14+/t27-,28?,29?,30?,31?,32?,33+,34+,35+,39-,40+,41+,42-,43+,44+,45?/m1/s1. The number of allylic oxidation sites excluding steroid dienone is 3. The smallest absolute Gasteiger partial charge is 0.335 e. The number of carbonyl (C=O) groups is 15. The van der Waals surface area contributed by atoms with E-state index in [0.29, 0.717) is 12.8 Å². The van der Waals surface area contributed by atoms with E-state index in [-0.39, 0.29) is 44.7 Å². The number of nitrogens with one attached hydrogen (secondary N) is 10. The van der Waals surface area contributed by atoms with E-state index in [2.05, 4.69) is 37.2 Å². The number of carboxylic acid groups (broad SMARTS) is 4. The number of amides is 11. The molecule has 0 aromatic heterocycles. The van der Waals surface area contributed by atoms with Crippen molar-refractivity contribution in [2.75, 3.05) is 19.6 Å². The van der Waals surface area contributed by atoms with E-state index in [9.17, 15) is 103 Å². The van der Waals surface area contributed by atoms with Crippen LogP contribution in [0.5, 0.6) is 0 Å². The number of aliphatic hydroxyl groups is 2. The minimum Gasteiger partial charge on any atom is -0.481 e. The van der Waals surface area contributed by atoms with Crippen LogP contribution in [0.25, 0.3) is 0 Å². The third kappa shape index (κ3) is 24.1. The van der Waals surface area contributed by atoms with E-state index in [1.807, 2.05) is 22.9 Å². The summed E-state index contributed by atoms with van der Waals surface area (Å²) in [7, 11) is 0. The van der Waals surface area contributed by atoms with Crippen molar-refractivity contribution in [1.82, 2.24) is 58.1 Å². The molecule has 0 aliphatic carbocycles. The summed E-state index contributed by atoms with van der Waals surface area (Å²) in [5, 5.41) is 82.9. The predicted molar refractivity (Wildman–Crippen MR) is 316 cm³/mol. The second-order valence-electron chi connectivity index (χ2n) is 23.5. The summed E-state index contributed by atoms with van der Waals surface area (Å²) in [6.45, 7) is 13.1. The van der Waals surface area contributed by atoms with Gasteiger partial charge in [0.1, 0.15) is 54.4 Å². The second-order valence-corrected chi connectivity index (χ2v) is 23.5. The largest absolute Gasteiger partial charge is 0.481 e. The van der Waals surface area contributed by atoms with Gasteiger partial charge in [0, 0.05) is 12.6 Å². The quantitative estimate of drug-likeness (QED) is 0.0260. The summed E-state index contributed by atoms with van der Waals surface area (Å²) < 4.78 is 0. The fraction of sp³-hybridized carbons (Fsp3) is 0.667. The molecule has 6 unspecified atom stereocenters. The van der Waals surface area contributed by atoms with Crippen molar-refractivity contribution in [3.63, 3.8) is 0 Å². The van der Waals surface area contributed by atoms with Crippen molar-refractivity contribution in [3.8, 4) is 0 Å². The van der Waals surface area contributed by atoms with Crippen LogP contribution in [0.1, 0.15) is 114 Å². The van der Waals surface area contributed by atoms with Gasteiger partial charge in [-0.15, -0.1) is 0 Å². The third-order valence-electron chi connectivity index (χ3n) is 15.3. The molecule has 33 heteroatoms. The van der Waals surface area contributed by atoms with Crippen LogP contribution in [0.4, 0.5) is 0 Å². The van der Waals surface area contributed by atoms with Gasteiger partial charge in [-0.3, -0.25) is 67.1 Å². The Morgan fingerprint density at radius 1 is 0.644 bits per heavy atom. The molecule has 504 valence electrons. The number of rotatable bonds is 23. The number of nitrogens with two attached hydrogens (primary N) is 1. The van der Waals surface area contributed by atoms with E-state index in [4.69, 9.17) is 5.73 Å². The molecule has 0 aromatic carbocycles. The summed E-state index contributed by atoms with van der Waals surface area (Å²) in [6, 6.07) is -18.7. The molecular formula is C57H90N12O21. The first kappa shape index (κ1) is 77.5. The van der Waals surface area contributed by atoms with E-state index in [0.717, 1.165) is 24.8 Å². The Balaban J connectivity index is 2.96. The molecule has 0 radical (unpaired) electrons. The SMILES string of the molecule is CC(O)C(C)CC/C=C\C=C\C(=O)N[C@H](C(=O)N[C@@H]1C(=O)N[C@H](C(C)C)C(=O)N[C@@H](CCCCN)C(=O)N[C@@H](C(O)C(=O)O)C(=O)N[C@@H](CC(=O)O)C(=O)NCC(=O)N[C@H](C(C)C(=O)O)C(=O)N[C@@H](C(C)C)C(=O)N2C[C@H](C)C[C@H]2C(=O)NC1C)C(C)C(=O)O. The number of aliphatic carboxylic acids is 4. The van der Waals surface area contributed by atoms with Crippen LogP contribution in [-0.2, 0) is 71.9 Å². The Hall–Kier alpha value is -8.59. The van der Waals surface area contributed by atoms with Crippen molar-refractivity contribution < 1.29 is 103 Å².